The molecule has 0 aromatic carbocycles. The van der Waals surface area contributed by atoms with Crippen LogP contribution < -0.4 is 10.2 Å². The molecule has 1 amide bonds. The van der Waals surface area contributed by atoms with Crippen LogP contribution in [-0.2, 0) is 11.3 Å². The Kier molecular flexibility index (Phi) is 4.89. The minimum absolute atomic E-state index is 0.0544. The average molecular weight is 371 g/mol. The smallest absolute Gasteiger partial charge is 0.316 e. The van der Waals surface area contributed by atoms with Gasteiger partial charge in [0.2, 0.25) is 5.82 Å². The Bertz CT molecular complexity index is 874. The molecule has 0 atom stereocenters. The number of hydrogen-bond donors (Lipinski definition) is 1. The number of pyridine rings is 1. The molecule has 0 spiro atoms. The van der Waals surface area contributed by atoms with Crippen LogP contribution in [0, 0.1) is 0 Å². The summed E-state index contributed by atoms with van der Waals surface area (Å²) < 4.78 is 10.5. The minimum Gasteiger partial charge on any atom is -0.378 e. The van der Waals surface area contributed by atoms with E-state index in [0.717, 1.165) is 29.3 Å². The molecule has 3 aromatic rings. The molecule has 0 bridgehead atoms. The zero-order chi connectivity index (χ0) is 17.8. The van der Waals surface area contributed by atoms with E-state index >= 15 is 0 Å². The maximum Gasteiger partial charge on any atom is 0.316 e. The molecule has 1 fully saturated rings. The number of hydrogen-bond acceptors (Lipinski definition) is 8. The third kappa shape index (κ3) is 3.73. The molecule has 1 saturated heterocycles. The Morgan fingerprint density at radius 2 is 2.19 bits per heavy atom. The number of aromatic nitrogens is 3. The van der Waals surface area contributed by atoms with E-state index in [4.69, 9.17) is 9.26 Å². The van der Waals surface area contributed by atoms with Crippen LogP contribution in [0.2, 0.25) is 0 Å². The van der Waals surface area contributed by atoms with E-state index in [1.807, 2.05) is 23.6 Å². The number of amides is 1. The van der Waals surface area contributed by atoms with Gasteiger partial charge in [-0.15, -0.1) is 11.3 Å². The third-order valence-electron chi connectivity index (χ3n) is 3.96. The highest BCUT2D eigenvalue weighted by Gasteiger charge is 2.18. The van der Waals surface area contributed by atoms with Crippen LogP contribution in [-0.4, -0.2) is 47.3 Å². The molecule has 1 aliphatic heterocycles. The van der Waals surface area contributed by atoms with Crippen molar-refractivity contribution in [2.24, 2.45) is 0 Å². The topological polar surface area (TPSA) is 93.4 Å². The summed E-state index contributed by atoms with van der Waals surface area (Å²) in [5.74, 6) is 0.753. The summed E-state index contributed by atoms with van der Waals surface area (Å²) in [6, 6.07) is 7.58. The highest BCUT2D eigenvalue weighted by Crippen LogP contribution is 2.21. The summed E-state index contributed by atoms with van der Waals surface area (Å²) in [5.41, 5.74) is 0.752. The Morgan fingerprint density at radius 3 is 3.00 bits per heavy atom. The van der Waals surface area contributed by atoms with Crippen LogP contribution in [0.3, 0.4) is 0 Å². The molecular weight excluding hydrogens is 354 g/mol. The quantitative estimate of drug-likeness (QED) is 0.733. The summed E-state index contributed by atoms with van der Waals surface area (Å²) >= 11 is 1.58. The summed E-state index contributed by atoms with van der Waals surface area (Å²) in [6.45, 7) is 3.38. The standard InChI is InChI=1S/C17H17N5O3S/c23-16(19-11-13-2-1-9-26-13)17-20-15(21-25-17)12-3-4-18-14(10-12)22-5-7-24-8-6-22/h1-4,9-10H,5-8,11H2,(H,19,23). The van der Waals surface area contributed by atoms with Gasteiger partial charge in [0, 0.05) is 29.7 Å². The molecule has 4 rings (SSSR count). The van der Waals surface area contributed by atoms with Gasteiger partial charge < -0.3 is 19.5 Å². The molecule has 9 heteroatoms. The highest BCUT2D eigenvalue weighted by atomic mass is 32.1. The Morgan fingerprint density at radius 1 is 1.31 bits per heavy atom. The second kappa shape index (κ2) is 7.63. The van der Waals surface area contributed by atoms with Gasteiger partial charge in [0.05, 0.1) is 19.8 Å². The number of morpholine rings is 1. The van der Waals surface area contributed by atoms with Crippen molar-refractivity contribution in [1.29, 1.82) is 0 Å². The number of ether oxygens (including phenoxy) is 1. The van der Waals surface area contributed by atoms with Crippen molar-refractivity contribution in [3.05, 3.63) is 46.6 Å². The maximum absolute atomic E-state index is 12.2. The molecule has 134 valence electrons. The molecule has 1 N–H and O–H groups in total. The van der Waals surface area contributed by atoms with Gasteiger partial charge in [-0.1, -0.05) is 11.2 Å². The van der Waals surface area contributed by atoms with Crippen LogP contribution in [0.4, 0.5) is 5.82 Å². The highest BCUT2D eigenvalue weighted by molar-refractivity contribution is 7.09. The van der Waals surface area contributed by atoms with E-state index in [1.165, 1.54) is 0 Å². The van der Waals surface area contributed by atoms with Crippen molar-refractivity contribution in [2.75, 3.05) is 31.2 Å². The molecule has 1 aliphatic rings. The van der Waals surface area contributed by atoms with Crippen molar-refractivity contribution in [3.63, 3.8) is 0 Å². The third-order valence-corrected chi connectivity index (χ3v) is 4.84. The largest absolute Gasteiger partial charge is 0.378 e. The van der Waals surface area contributed by atoms with Gasteiger partial charge in [-0.05, 0) is 23.6 Å². The zero-order valence-electron chi connectivity index (χ0n) is 13.9. The Labute approximate surface area is 153 Å². The number of carbonyl (C=O) groups is 1. The van der Waals surface area contributed by atoms with Gasteiger partial charge >= 0.3 is 11.8 Å². The fraction of sp³-hybridized carbons (Fsp3) is 0.294. The first-order chi connectivity index (χ1) is 12.8. The van der Waals surface area contributed by atoms with Gasteiger partial charge in [0.1, 0.15) is 5.82 Å². The summed E-state index contributed by atoms with van der Waals surface area (Å²) in [7, 11) is 0. The van der Waals surface area contributed by atoms with Crippen molar-refractivity contribution < 1.29 is 14.1 Å². The van der Waals surface area contributed by atoms with Crippen LogP contribution >= 0.6 is 11.3 Å². The monoisotopic (exact) mass is 371 g/mol. The maximum atomic E-state index is 12.2. The average Bonchev–Trinajstić information content (AvgIpc) is 3.39. The normalized spacial score (nSPS) is 14.4. The predicted octanol–water partition coefficient (Wildman–Crippen LogP) is 1.96. The van der Waals surface area contributed by atoms with Crippen LogP contribution in [0.1, 0.15) is 15.6 Å². The Balaban J connectivity index is 1.46. The first-order valence-corrected chi connectivity index (χ1v) is 9.11. The van der Waals surface area contributed by atoms with Crippen molar-refractivity contribution in [3.8, 4) is 11.4 Å². The number of rotatable bonds is 5. The number of carbonyl (C=O) groups excluding carboxylic acids is 1. The van der Waals surface area contributed by atoms with Gasteiger partial charge in [-0.3, -0.25) is 4.79 Å². The molecule has 0 aliphatic carbocycles. The Hall–Kier alpha value is -2.78. The fourth-order valence-electron chi connectivity index (χ4n) is 2.61. The van der Waals surface area contributed by atoms with E-state index in [-0.39, 0.29) is 11.8 Å². The van der Waals surface area contributed by atoms with Crippen LogP contribution in [0.15, 0.2) is 40.4 Å². The number of thiophene rings is 1. The van der Waals surface area contributed by atoms with Gasteiger partial charge in [0.15, 0.2) is 0 Å². The molecule has 8 nitrogen and oxygen atoms in total. The lowest BCUT2D eigenvalue weighted by Crippen LogP contribution is -2.36. The molecule has 0 radical (unpaired) electrons. The SMILES string of the molecule is O=C(NCc1cccs1)c1nc(-c2ccnc(N3CCOCC3)c2)no1. The predicted molar refractivity (Wildman–Crippen MR) is 96.1 cm³/mol. The number of nitrogens with zero attached hydrogens (tertiary/aromatic N) is 4. The molecule has 26 heavy (non-hydrogen) atoms. The first kappa shape index (κ1) is 16.7. The lowest BCUT2D eigenvalue weighted by atomic mass is 10.2. The van der Waals surface area contributed by atoms with Crippen molar-refractivity contribution >= 4 is 23.1 Å². The zero-order valence-corrected chi connectivity index (χ0v) is 14.7. The van der Waals surface area contributed by atoms with E-state index in [2.05, 4.69) is 25.3 Å². The van der Waals surface area contributed by atoms with E-state index in [9.17, 15) is 4.79 Å². The molecule has 4 heterocycles. The van der Waals surface area contributed by atoms with Gasteiger partial charge in [-0.2, -0.15) is 4.98 Å². The summed E-state index contributed by atoms with van der Waals surface area (Å²) in [4.78, 5) is 24.0. The second-order valence-electron chi connectivity index (χ2n) is 5.69. The molecule has 0 saturated carbocycles. The van der Waals surface area contributed by atoms with Gasteiger partial charge in [-0.25, -0.2) is 4.98 Å². The number of nitrogens with one attached hydrogen (secondary N) is 1. The number of anilines is 1. The molecule has 0 unspecified atom stereocenters. The second-order valence-corrected chi connectivity index (χ2v) is 6.72. The lowest BCUT2D eigenvalue weighted by Gasteiger charge is -2.27. The van der Waals surface area contributed by atoms with Crippen LogP contribution in [0.5, 0.6) is 0 Å². The van der Waals surface area contributed by atoms with E-state index in [0.29, 0.717) is 25.6 Å². The van der Waals surface area contributed by atoms with E-state index < -0.39 is 0 Å². The molecular formula is C17H17N5O3S. The van der Waals surface area contributed by atoms with Crippen molar-refractivity contribution in [2.45, 2.75) is 6.54 Å². The van der Waals surface area contributed by atoms with Crippen molar-refractivity contribution in [1.82, 2.24) is 20.4 Å². The lowest BCUT2D eigenvalue weighted by molar-refractivity contribution is 0.0907. The fourth-order valence-corrected chi connectivity index (χ4v) is 3.26. The summed E-state index contributed by atoms with van der Waals surface area (Å²) in [6.07, 6.45) is 1.70. The van der Waals surface area contributed by atoms with E-state index in [1.54, 1.807) is 23.6 Å². The molecule has 3 aromatic heterocycles. The van der Waals surface area contributed by atoms with Crippen LogP contribution in [0.25, 0.3) is 11.4 Å². The summed E-state index contributed by atoms with van der Waals surface area (Å²) in [5, 5.41) is 8.65. The first-order valence-electron chi connectivity index (χ1n) is 8.23. The minimum atomic E-state index is -0.389. The van der Waals surface area contributed by atoms with Gasteiger partial charge in [0.25, 0.3) is 0 Å².